The van der Waals surface area contributed by atoms with Gasteiger partial charge in [-0.15, -0.1) is 0 Å². The van der Waals surface area contributed by atoms with E-state index in [1.807, 2.05) is 19.2 Å². The predicted molar refractivity (Wildman–Crippen MR) is 66.9 cm³/mol. The van der Waals surface area contributed by atoms with Gasteiger partial charge in [-0.25, -0.2) is 4.39 Å². The summed E-state index contributed by atoms with van der Waals surface area (Å²) in [7, 11) is 0. The molecule has 0 unspecified atom stereocenters. The summed E-state index contributed by atoms with van der Waals surface area (Å²) in [6, 6.07) is 4.88. The first kappa shape index (κ1) is 14.3. The Balaban J connectivity index is 2.14. The highest BCUT2D eigenvalue weighted by atomic mass is 32.2. The standard InChI is InChI=1S/C12H17FO3S/c1-10-3-4-12(11(13)9-10)15-7-5-14-6-8-16-17-2/h3-4,9H,5-8H2,1-2H3. The first-order chi connectivity index (χ1) is 8.24. The number of ether oxygens (including phenoxy) is 2. The fourth-order valence-electron chi connectivity index (χ4n) is 1.21. The van der Waals surface area contributed by atoms with Crippen molar-refractivity contribution >= 4 is 12.0 Å². The average molecular weight is 260 g/mol. The van der Waals surface area contributed by atoms with E-state index in [1.54, 1.807) is 6.07 Å². The molecule has 17 heavy (non-hydrogen) atoms. The molecule has 3 nitrogen and oxygen atoms in total. The van der Waals surface area contributed by atoms with Crippen LogP contribution in [0, 0.1) is 12.7 Å². The van der Waals surface area contributed by atoms with Gasteiger partial charge in [0, 0.05) is 6.26 Å². The molecule has 1 rings (SSSR count). The summed E-state index contributed by atoms with van der Waals surface area (Å²) in [5, 5.41) is 0. The van der Waals surface area contributed by atoms with Crippen molar-refractivity contribution in [1.82, 2.24) is 0 Å². The maximum atomic E-state index is 13.3. The number of aryl methyl sites for hydroxylation is 1. The molecule has 0 atom stereocenters. The van der Waals surface area contributed by atoms with Gasteiger partial charge in [0.05, 0.1) is 19.8 Å². The zero-order valence-electron chi connectivity index (χ0n) is 10.1. The normalized spacial score (nSPS) is 10.5. The van der Waals surface area contributed by atoms with E-state index < -0.39 is 0 Å². The second-order valence-electron chi connectivity index (χ2n) is 3.38. The predicted octanol–water partition coefficient (Wildman–Crippen LogP) is 2.82. The quantitative estimate of drug-likeness (QED) is 0.530. The molecule has 0 bridgehead atoms. The molecule has 0 radical (unpaired) electrons. The second-order valence-corrected chi connectivity index (χ2v) is 3.95. The molecule has 0 saturated heterocycles. The third-order valence-corrected chi connectivity index (χ3v) is 2.40. The fourth-order valence-corrected chi connectivity index (χ4v) is 1.45. The summed E-state index contributed by atoms with van der Waals surface area (Å²) >= 11 is 1.30. The van der Waals surface area contributed by atoms with Crippen LogP contribution in [-0.4, -0.2) is 32.7 Å². The minimum Gasteiger partial charge on any atom is -0.488 e. The van der Waals surface area contributed by atoms with Crippen LogP contribution in [0.15, 0.2) is 18.2 Å². The topological polar surface area (TPSA) is 27.7 Å². The molecule has 0 spiro atoms. The van der Waals surface area contributed by atoms with Crippen molar-refractivity contribution in [3.05, 3.63) is 29.6 Å². The van der Waals surface area contributed by atoms with Gasteiger partial charge in [-0.3, -0.25) is 0 Å². The number of halogens is 1. The van der Waals surface area contributed by atoms with E-state index in [0.717, 1.165) is 5.56 Å². The highest BCUT2D eigenvalue weighted by Crippen LogP contribution is 2.17. The molecule has 5 heteroatoms. The van der Waals surface area contributed by atoms with Crippen molar-refractivity contribution in [3.8, 4) is 5.75 Å². The lowest BCUT2D eigenvalue weighted by Crippen LogP contribution is -2.10. The Kier molecular flexibility index (Phi) is 7.00. The Bertz CT molecular complexity index is 334. The summed E-state index contributed by atoms with van der Waals surface area (Å²) in [6.07, 6.45) is 1.85. The van der Waals surface area contributed by atoms with Crippen molar-refractivity contribution in [1.29, 1.82) is 0 Å². The van der Waals surface area contributed by atoms with Gasteiger partial charge >= 0.3 is 0 Å². The molecule has 0 aromatic heterocycles. The number of hydrogen-bond donors (Lipinski definition) is 0. The Labute approximate surface area is 105 Å². The summed E-state index contributed by atoms with van der Waals surface area (Å²) in [5.74, 6) is -0.0738. The molecule has 0 aliphatic carbocycles. The fraction of sp³-hybridized carbons (Fsp3) is 0.500. The molecule has 1 aromatic rings. The third kappa shape index (κ3) is 5.91. The van der Waals surface area contributed by atoms with Crippen molar-refractivity contribution in [2.45, 2.75) is 6.92 Å². The molecule has 0 aliphatic rings. The first-order valence-electron chi connectivity index (χ1n) is 5.36. The van der Waals surface area contributed by atoms with E-state index in [0.29, 0.717) is 26.4 Å². The lowest BCUT2D eigenvalue weighted by molar-refractivity contribution is 0.0802. The highest BCUT2D eigenvalue weighted by molar-refractivity contribution is 7.93. The van der Waals surface area contributed by atoms with E-state index in [1.165, 1.54) is 18.1 Å². The summed E-state index contributed by atoms with van der Waals surface area (Å²) in [6.45, 7) is 3.65. The van der Waals surface area contributed by atoms with Crippen molar-refractivity contribution in [2.24, 2.45) is 0 Å². The maximum absolute atomic E-state index is 13.3. The van der Waals surface area contributed by atoms with Gasteiger partial charge in [0.1, 0.15) is 6.61 Å². The summed E-state index contributed by atoms with van der Waals surface area (Å²) < 4.78 is 28.8. The Hall–Kier alpha value is -0.780. The van der Waals surface area contributed by atoms with Gasteiger partial charge in [-0.1, -0.05) is 6.07 Å². The highest BCUT2D eigenvalue weighted by Gasteiger charge is 2.02. The Morgan fingerprint density at radius 2 is 1.94 bits per heavy atom. The zero-order chi connectivity index (χ0) is 12.5. The van der Waals surface area contributed by atoms with E-state index >= 15 is 0 Å². The van der Waals surface area contributed by atoms with Crippen molar-refractivity contribution in [2.75, 3.05) is 32.7 Å². The molecular weight excluding hydrogens is 243 g/mol. The Morgan fingerprint density at radius 3 is 2.65 bits per heavy atom. The van der Waals surface area contributed by atoms with E-state index in [4.69, 9.17) is 13.7 Å². The zero-order valence-corrected chi connectivity index (χ0v) is 10.9. The van der Waals surface area contributed by atoms with Gasteiger partial charge in [0.15, 0.2) is 11.6 Å². The number of benzene rings is 1. The molecule has 0 N–H and O–H groups in total. The minimum absolute atomic E-state index is 0.263. The average Bonchev–Trinajstić information content (AvgIpc) is 2.30. The number of hydrogen-bond acceptors (Lipinski definition) is 4. The van der Waals surface area contributed by atoms with Crippen molar-refractivity contribution in [3.63, 3.8) is 0 Å². The first-order valence-corrected chi connectivity index (χ1v) is 6.51. The van der Waals surface area contributed by atoms with E-state index in [-0.39, 0.29) is 11.6 Å². The van der Waals surface area contributed by atoms with Crippen LogP contribution in [0.3, 0.4) is 0 Å². The third-order valence-electron chi connectivity index (χ3n) is 2.00. The lowest BCUT2D eigenvalue weighted by atomic mass is 10.2. The lowest BCUT2D eigenvalue weighted by Gasteiger charge is -2.08. The molecule has 0 aliphatic heterocycles. The molecule has 0 saturated carbocycles. The van der Waals surface area contributed by atoms with Crippen LogP contribution >= 0.6 is 12.0 Å². The molecule has 0 heterocycles. The second kappa shape index (κ2) is 8.33. The van der Waals surface area contributed by atoms with Crippen LogP contribution in [0.25, 0.3) is 0 Å². The molecule has 96 valence electrons. The van der Waals surface area contributed by atoms with Crippen LogP contribution in [-0.2, 0) is 8.92 Å². The smallest absolute Gasteiger partial charge is 0.165 e. The van der Waals surface area contributed by atoms with Crippen molar-refractivity contribution < 1.29 is 18.0 Å². The van der Waals surface area contributed by atoms with E-state index in [9.17, 15) is 4.39 Å². The van der Waals surface area contributed by atoms with Gasteiger partial charge in [0.25, 0.3) is 0 Å². The van der Waals surface area contributed by atoms with E-state index in [2.05, 4.69) is 0 Å². The molecular formula is C12H17FO3S. The maximum Gasteiger partial charge on any atom is 0.165 e. The van der Waals surface area contributed by atoms with Gasteiger partial charge in [-0.2, -0.15) is 0 Å². The van der Waals surface area contributed by atoms with Gasteiger partial charge < -0.3 is 13.7 Å². The molecule has 0 fully saturated rings. The van der Waals surface area contributed by atoms with Crippen LogP contribution in [0.5, 0.6) is 5.75 Å². The Morgan fingerprint density at radius 1 is 1.18 bits per heavy atom. The van der Waals surface area contributed by atoms with Crippen LogP contribution in [0.1, 0.15) is 5.56 Å². The molecule has 1 aromatic carbocycles. The summed E-state index contributed by atoms with van der Waals surface area (Å²) in [5.41, 5.74) is 0.875. The van der Waals surface area contributed by atoms with Crippen LogP contribution in [0.2, 0.25) is 0 Å². The molecule has 0 amide bonds. The van der Waals surface area contributed by atoms with Crippen LogP contribution < -0.4 is 4.74 Å². The van der Waals surface area contributed by atoms with Crippen LogP contribution in [0.4, 0.5) is 4.39 Å². The SMILES string of the molecule is CSOCCOCCOc1ccc(C)cc1F. The minimum atomic E-state index is -0.337. The van der Waals surface area contributed by atoms with Gasteiger partial charge in [0.2, 0.25) is 0 Å². The monoisotopic (exact) mass is 260 g/mol. The van der Waals surface area contributed by atoms with Gasteiger partial charge in [-0.05, 0) is 36.7 Å². The summed E-state index contributed by atoms with van der Waals surface area (Å²) in [4.78, 5) is 0. The number of rotatable bonds is 8. The largest absolute Gasteiger partial charge is 0.488 e.